The lowest BCUT2D eigenvalue weighted by atomic mass is 9.70. The van der Waals surface area contributed by atoms with Crippen LogP contribution in [0.3, 0.4) is 0 Å². The van der Waals surface area contributed by atoms with Gasteiger partial charge in [-0.15, -0.1) is 0 Å². The summed E-state index contributed by atoms with van der Waals surface area (Å²) in [6.45, 7) is 4.14. The molecule has 0 fully saturated rings. The number of pyridine rings is 2. The molecule has 2 aliphatic rings. The molecule has 0 amide bonds. The lowest BCUT2D eigenvalue weighted by Crippen LogP contribution is -2.25. The molecule has 0 spiro atoms. The highest BCUT2D eigenvalue weighted by atomic mass is 15.0. The van der Waals surface area contributed by atoms with E-state index in [1.54, 1.807) is 0 Å². The Bertz CT molecular complexity index is 5670. The third kappa shape index (κ3) is 12.9. The van der Waals surface area contributed by atoms with Gasteiger partial charge in [-0.1, -0.05) is 308 Å². The molecule has 0 bridgehead atoms. The van der Waals surface area contributed by atoms with Gasteiger partial charge in [0.05, 0.1) is 11.4 Å². The van der Waals surface area contributed by atoms with Crippen molar-refractivity contribution in [1.29, 1.82) is 0 Å². The summed E-state index contributed by atoms with van der Waals surface area (Å²) in [6.07, 6.45) is 27.8. The number of benzene rings is 12. The number of hydrogen-bond donors (Lipinski definition) is 0. The Hall–Kier alpha value is -11.9. The molecule has 0 radical (unpaired) electrons. The van der Waals surface area contributed by atoms with Crippen LogP contribution < -0.4 is 0 Å². The van der Waals surface area contributed by atoms with E-state index in [1.165, 1.54) is 220 Å². The summed E-state index contributed by atoms with van der Waals surface area (Å²) in [4.78, 5) is 10.5. The zero-order chi connectivity index (χ0) is 75.8. The number of aryl methyl sites for hydroxylation is 4. The molecule has 0 aliphatic heterocycles. The van der Waals surface area contributed by atoms with Crippen molar-refractivity contribution in [2.75, 3.05) is 0 Å². The van der Waals surface area contributed by atoms with Crippen LogP contribution in [0.2, 0.25) is 0 Å². The van der Waals surface area contributed by atoms with Crippen LogP contribution in [0.25, 0.3) is 143 Å². The highest BCUT2D eigenvalue weighted by Crippen LogP contribution is 2.57. The average molecular weight is 1480 g/mol. The zero-order valence-electron chi connectivity index (χ0n) is 65.7. The topological polar surface area (TPSA) is 45.5 Å². The fraction of sp³-hybridized carbons (Fsp3) is 0.241. The zero-order valence-corrected chi connectivity index (χ0v) is 65.7. The summed E-state index contributed by atoms with van der Waals surface area (Å²) in [5.41, 5.74) is 28.7. The molecule has 12 aromatic carbocycles. The Morgan fingerprint density at radius 3 is 0.684 bits per heavy atom. The number of rotatable bonds is 31. The third-order valence-electron chi connectivity index (χ3n) is 26.7. The van der Waals surface area contributed by atoms with E-state index in [2.05, 4.69) is 334 Å². The molecule has 0 unspecified atom stereocenters. The minimum Gasteiger partial charge on any atom is -0.340 e. The normalized spacial score (nSPS) is 13.4. The fourth-order valence-corrected chi connectivity index (χ4v) is 21.2. The van der Waals surface area contributed by atoms with Gasteiger partial charge >= 0.3 is 0 Å². The first-order valence-corrected chi connectivity index (χ1v) is 42.8. The lowest BCUT2D eigenvalue weighted by molar-refractivity contribution is 0.397. The van der Waals surface area contributed by atoms with Crippen LogP contribution in [-0.2, 0) is 37.0 Å². The summed E-state index contributed by atoms with van der Waals surface area (Å²) >= 11 is 0. The predicted octanol–water partition coefficient (Wildman–Crippen LogP) is 29.0. The number of fused-ring (bicyclic) bond motifs is 18. The molecular formula is C108H100N6. The van der Waals surface area contributed by atoms with Gasteiger partial charge < -0.3 is 18.3 Å². The number of unbranched alkanes of at least 4 members (excludes halogenated alkanes) is 12. The van der Waals surface area contributed by atoms with E-state index < -0.39 is 0 Å². The van der Waals surface area contributed by atoms with Gasteiger partial charge in [-0.25, -0.2) is 0 Å². The Kier molecular flexibility index (Phi) is 19.5. The highest BCUT2D eigenvalue weighted by molar-refractivity contribution is 6.11. The molecule has 20 rings (SSSR count). The molecule has 6 heteroatoms. The first-order chi connectivity index (χ1) is 56.6. The van der Waals surface area contributed by atoms with E-state index in [0.717, 1.165) is 100 Å². The van der Waals surface area contributed by atoms with Crippen molar-refractivity contribution in [1.82, 2.24) is 28.2 Å². The molecule has 0 N–H and O–H groups in total. The molecule has 6 heterocycles. The summed E-state index contributed by atoms with van der Waals surface area (Å²) in [6, 6.07) is 114. The number of para-hydroxylation sites is 8. The van der Waals surface area contributed by atoms with Crippen molar-refractivity contribution in [2.24, 2.45) is 0 Å². The maximum Gasteiger partial charge on any atom is 0.0886 e. The van der Waals surface area contributed by atoms with Crippen LogP contribution in [-0.4, -0.2) is 28.2 Å². The quantitative estimate of drug-likeness (QED) is 0.0407. The molecule has 18 aromatic rings. The summed E-state index contributed by atoms with van der Waals surface area (Å²) in [5.74, 6) is 0. The van der Waals surface area contributed by atoms with E-state index in [4.69, 9.17) is 9.97 Å². The molecule has 6 nitrogen and oxygen atoms in total. The fourth-order valence-electron chi connectivity index (χ4n) is 21.2. The van der Waals surface area contributed by atoms with Crippen molar-refractivity contribution >= 4 is 87.2 Å². The Morgan fingerprint density at radius 1 is 0.193 bits per heavy atom. The van der Waals surface area contributed by atoms with Crippen molar-refractivity contribution in [2.45, 2.75) is 165 Å². The molecule has 562 valence electrons. The molecule has 2 aliphatic carbocycles. The van der Waals surface area contributed by atoms with Gasteiger partial charge in [0.25, 0.3) is 0 Å². The van der Waals surface area contributed by atoms with Crippen LogP contribution >= 0.6 is 0 Å². The SMILES string of the molecule is c1ccc2c(c1)-c1ccc(-c3ccc(-c4ccc(-c5ccc6c(c5)C(CCCCCCn5c7ccccc7c7ccccc75)(CCCCCCn5c7ccccc7c7ccccc75)c5ccccc5-6)cn4)nc3)cc1C2(CCCCCCn1c2ccccc2c2ccccc21)CCCCCCn1c2ccccc2c2ccccc21. The largest absolute Gasteiger partial charge is 0.340 e. The number of aromatic nitrogens is 6. The van der Waals surface area contributed by atoms with Crippen molar-refractivity contribution in [3.05, 3.63) is 338 Å². The molecule has 114 heavy (non-hydrogen) atoms. The minimum absolute atomic E-state index is 0.0854. The highest BCUT2D eigenvalue weighted by Gasteiger charge is 2.44. The Labute approximate surface area is 670 Å². The monoisotopic (exact) mass is 1480 g/mol. The first kappa shape index (κ1) is 71.2. The summed E-state index contributed by atoms with van der Waals surface area (Å²) < 4.78 is 10.3. The van der Waals surface area contributed by atoms with E-state index in [0.29, 0.717) is 0 Å². The van der Waals surface area contributed by atoms with E-state index >= 15 is 0 Å². The number of hydrogen-bond acceptors (Lipinski definition) is 2. The first-order valence-electron chi connectivity index (χ1n) is 42.8. The second-order valence-corrected chi connectivity index (χ2v) is 33.0. The van der Waals surface area contributed by atoms with E-state index in [-0.39, 0.29) is 10.8 Å². The summed E-state index contributed by atoms with van der Waals surface area (Å²) in [5, 5.41) is 10.8. The Balaban J connectivity index is 0.546. The van der Waals surface area contributed by atoms with Crippen LogP contribution in [0.15, 0.2) is 316 Å². The van der Waals surface area contributed by atoms with Gasteiger partial charge in [-0.3, -0.25) is 9.97 Å². The maximum atomic E-state index is 5.25. The minimum atomic E-state index is -0.0854. The van der Waals surface area contributed by atoms with Crippen molar-refractivity contribution in [3.63, 3.8) is 0 Å². The van der Waals surface area contributed by atoms with Crippen molar-refractivity contribution in [3.8, 4) is 55.9 Å². The number of nitrogens with zero attached hydrogens (tertiary/aromatic N) is 6. The van der Waals surface area contributed by atoms with E-state index in [1.807, 2.05) is 0 Å². The van der Waals surface area contributed by atoms with Gasteiger partial charge in [-0.05, 0) is 180 Å². The van der Waals surface area contributed by atoms with Crippen LogP contribution in [0.4, 0.5) is 0 Å². The molecule has 6 aromatic heterocycles. The van der Waals surface area contributed by atoms with Gasteiger partial charge in [0.2, 0.25) is 0 Å². The second kappa shape index (κ2) is 31.3. The third-order valence-corrected chi connectivity index (χ3v) is 26.7. The van der Waals surface area contributed by atoms with Gasteiger partial charge in [0, 0.05) is 148 Å². The Morgan fingerprint density at radius 2 is 0.421 bits per heavy atom. The van der Waals surface area contributed by atoms with Crippen molar-refractivity contribution < 1.29 is 0 Å². The smallest absolute Gasteiger partial charge is 0.0886 e. The van der Waals surface area contributed by atoms with Gasteiger partial charge in [0.1, 0.15) is 0 Å². The van der Waals surface area contributed by atoms with Crippen LogP contribution in [0, 0.1) is 0 Å². The molecule has 0 atom stereocenters. The van der Waals surface area contributed by atoms with Crippen LogP contribution in [0.5, 0.6) is 0 Å². The van der Waals surface area contributed by atoms with E-state index in [9.17, 15) is 0 Å². The lowest BCUT2D eigenvalue weighted by Gasteiger charge is -2.33. The molecular weight excluding hydrogens is 1380 g/mol. The summed E-state index contributed by atoms with van der Waals surface area (Å²) in [7, 11) is 0. The average Bonchev–Trinajstić information content (AvgIpc) is 1.56. The molecule has 0 saturated carbocycles. The predicted molar refractivity (Wildman–Crippen MR) is 481 cm³/mol. The van der Waals surface area contributed by atoms with Crippen LogP contribution in [0.1, 0.15) is 151 Å². The standard InChI is InChI=1S/C108H100N6/c1(5-33-69-111-99-49-21-11-39-85(99)86-40-12-22-50-100(86)111)29-65-107(66-30-2-6-34-70-112-101-51-23-13-41-87(101)88-42-14-24-52-102(88)112)93-47-19-9-37-81(93)83-61-57-77(73-95(83)107)79-59-63-97(109-75-79)98-64-60-80(76-110-98)78-58-62-84-82-38-10-20-48-94(82)108(96(84)74-78,67-31-3-7-35-71-113-103-53-25-15-43-89(103)90-44-16-26-54-104(90)113)68-32-4-8-36-72-114-105-55-27-17-45-91(105)92-46-18-28-56-106(92)114/h9-28,37-64,73-76H,1-8,29-36,65-72H2. The molecule has 0 saturated heterocycles. The van der Waals surface area contributed by atoms with Gasteiger partial charge in [-0.2, -0.15) is 0 Å². The van der Waals surface area contributed by atoms with Gasteiger partial charge in [0.15, 0.2) is 0 Å². The maximum absolute atomic E-state index is 5.25. The second-order valence-electron chi connectivity index (χ2n) is 33.0.